The van der Waals surface area contributed by atoms with Crippen LogP contribution >= 0.6 is 27.7 Å². The van der Waals surface area contributed by atoms with Crippen LogP contribution < -0.4 is 10.0 Å². The summed E-state index contributed by atoms with van der Waals surface area (Å²) in [4.78, 5) is 22.0. The van der Waals surface area contributed by atoms with Crippen LogP contribution in [-0.2, 0) is 15.3 Å². The molecule has 0 bridgehead atoms. The Morgan fingerprint density at radius 2 is 1.90 bits per heavy atom. The molecule has 5 nitrogen and oxygen atoms in total. The van der Waals surface area contributed by atoms with Crippen LogP contribution in [0.5, 0.6) is 0 Å². The third kappa shape index (κ3) is 7.63. The number of carboxylic acid groups (broad SMARTS) is 2. The molecule has 0 aliphatic carbocycles. The van der Waals surface area contributed by atoms with Crippen molar-refractivity contribution < 1.29 is 24.7 Å². The van der Waals surface area contributed by atoms with Gasteiger partial charge in [0.25, 0.3) is 0 Å². The van der Waals surface area contributed by atoms with Crippen molar-refractivity contribution in [3.8, 4) is 0 Å². The molecule has 0 amide bonds. The molecule has 0 aromatic heterocycles. The molecule has 0 unspecified atom stereocenters. The molecule has 2 aromatic carbocycles. The minimum atomic E-state index is -1.33. The normalized spacial score (nSPS) is 13.7. The van der Waals surface area contributed by atoms with Crippen LogP contribution in [0.1, 0.15) is 36.0 Å². The second-order valence-corrected chi connectivity index (χ2v) is 9.15. The molecule has 7 heteroatoms. The van der Waals surface area contributed by atoms with Gasteiger partial charge in [-0.1, -0.05) is 52.3 Å². The van der Waals surface area contributed by atoms with Gasteiger partial charge in [0.15, 0.2) is 0 Å². The molecule has 0 saturated heterocycles. The topological polar surface area (TPSA) is 81.9 Å². The summed E-state index contributed by atoms with van der Waals surface area (Å²) in [5.41, 5.74) is 5.59. The number of thioether (sulfide) groups is 1. The lowest BCUT2D eigenvalue weighted by Crippen LogP contribution is -3.05. The minimum Gasteiger partial charge on any atom is -0.550 e. The number of carbonyl (C=O) groups excluding carboxylic acids is 1. The summed E-state index contributed by atoms with van der Waals surface area (Å²) < 4.78 is 1.15. The summed E-state index contributed by atoms with van der Waals surface area (Å²) in [7, 11) is 4.42. The first-order valence-electron chi connectivity index (χ1n) is 9.69. The van der Waals surface area contributed by atoms with Gasteiger partial charge in [-0.25, -0.2) is 0 Å². The monoisotopic (exact) mass is 491 g/mol. The second-order valence-electron chi connectivity index (χ2n) is 7.22. The van der Waals surface area contributed by atoms with E-state index < -0.39 is 18.4 Å². The van der Waals surface area contributed by atoms with Crippen molar-refractivity contribution in [2.45, 2.75) is 29.9 Å². The van der Waals surface area contributed by atoms with E-state index >= 15 is 0 Å². The summed E-state index contributed by atoms with van der Waals surface area (Å²) in [5, 5.41) is 17.4. The Morgan fingerprint density at radius 1 is 1.17 bits per heavy atom. The molecule has 2 aromatic rings. The van der Waals surface area contributed by atoms with Gasteiger partial charge in [0.1, 0.15) is 0 Å². The highest BCUT2D eigenvalue weighted by Crippen LogP contribution is 2.41. The van der Waals surface area contributed by atoms with E-state index in [1.54, 1.807) is 0 Å². The molecule has 30 heavy (non-hydrogen) atoms. The van der Waals surface area contributed by atoms with E-state index in [1.807, 2.05) is 11.8 Å². The van der Waals surface area contributed by atoms with Crippen molar-refractivity contribution in [3.05, 3.63) is 69.7 Å². The van der Waals surface area contributed by atoms with Crippen molar-refractivity contribution in [2.24, 2.45) is 0 Å². The van der Waals surface area contributed by atoms with E-state index in [2.05, 4.69) is 78.6 Å². The van der Waals surface area contributed by atoms with Crippen molar-refractivity contribution >= 4 is 45.2 Å². The Morgan fingerprint density at radius 3 is 2.53 bits per heavy atom. The number of carboxylic acids is 2. The Kier molecular flexibility index (Phi) is 9.62. The Hall–Kier alpha value is -2.09. The molecule has 2 N–H and O–H groups in total. The maximum absolute atomic E-state index is 9.61. The highest BCUT2D eigenvalue weighted by atomic mass is 79.9. The van der Waals surface area contributed by atoms with Crippen molar-refractivity contribution in [3.63, 3.8) is 0 Å². The zero-order valence-electron chi connectivity index (χ0n) is 17.1. The number of benzene rings is 2. The van der Waals surface area contributed by atoms with Crippen LogP contribution in [-0.4, -0.2) is 37.7 Å². The number of hydrogen-bond donors (Lipinski definition) is 2. The molecule has 160 valence electrons. The van der Waals surface area contributed by atoms with E-state index in [4.69, 9.17) is 5.11 Å². The third-order valence-electron chi connectivity index (χ3n) is 4.46. The van der Waals surface area contributed by atoms with Crippen LogP contribution in [0.3, 0.4) is 0 Å². The van der Waals surface area contributed by atoms with E-state index in [9.17, 15) is 14.7 Å². The van der Waals surface area contributed by atoms with E-state index in [-0.39, 0.29) is 6.42 Å². The summed E-state index contributed by atoms with van der Waals surface area (Å²) in [6.07, 6.45) is 2.76. The number of halogens is 1. The minimum absolute atomic E-state index is 0.359. The maximum atomic E-state index is 9.61. The average Bonchev–Trinajstić information content (AvgIpc) is 2.84. The number of aliphatic carboxylic acids is 2. The predicted octanol–water partition coefficient (Wildman–Crippen LogP) is 2.62. The van der Waals surface area contributed by atoms with Gasteiger partial charge in [-0.05, 0) is 40.8 Å². The molecule has 1 aliphatic heterocycles. The van der Waals surface area contributed by atoms with Gasteiger partial charge in [0.2, 0.25) is 0 Å². The van der Waals surface area contributed by atoms with Crippen LogP contribution in [0, 0.1) is 0 Å². The first kappa shape index (κ1) is 24.2. The van der Waals surface area contributed by atoms with Crippen molar-refractivity contribution in [2.75, 3.05) is 20.6 Å². The lowest BCUT2D eigenvalue weighted by atomic mass is 9.93. The first-order chi connectivity index (χ1) is 14.3. The van der Waals surface area contributed by atoms with Gasteiger partial charge < -0.3 is 19.9 Å². The molecular formula is C23H26BrNO4S. The fraction of sp³-hybridized carbons (Fsp3) is 0.304. The molecule has 1 heterocycles. The molecule has 3 rings (SSSR count). The lowest BCUT2D eigenvalue weighted by molar-refractivity contribution is -0.857. The van der Waals surface area contributed by atoms with E-state index in [1.165, 1.54) is 32.1 Å². The zero-order valence-corrected chi connectivity index (χ0v) is 19.5. The summed E-state index contributed by atoms with van der Waals surface area (Å²) in [5.74, 6) is -1.41. The summed E-state index contributed by atoms with van der Waals surface area (Å²) in [6.45, 7) is 1.16. The van der Waals surface area contributed by atoms with Crippen molar-refractivity contribution in [1.82, 2.24) is 0 Å². The van der Waals surface area contributed by atoms with Gasteiger partial charge in [-0.2, -0.15) is 0 Å². The average molecular weight is 492 g/mol. The number of rotatable bonds is 6. The highest BCUT2D eigenvalue weighted by Gasteiger charge is 2.18. The molecule has 1 aliphatic rings. The number of quaternary nitrogens is 1. The number of nitrogens with one attached hydrogen (secondary N) is 1. The predicted molar refractivity (Wildman–Crippen MR) is 121 cm³/mol. The van der Waals surface area contributed by atoms with Crippen molar-refractivity contribution in [1.29, 1.82) is 0 Å². The quantitative estimate of drug-likeness (QED) is 0.648. The molecule has 0 saturated carbocycles. The molecular weight excluding hydrogens is 466 g/mol. The number of hydrogen-bond acceptors (Lipinski definition) is 4. The van der Waals surface area contributed by atoms with Crippen LogP contribution in [0.15, 0.2) is 57.9 Å². The van der Waals surface area contributed by atoms with Gasteiger partial charge in [-0.3, -0.25) is 4.79 Å². The number of fused-ring (bicyclic) bond motifs is 2. The van der Waals surface area contributed by atoms with Gasteiger partial charge in [0.05, 0.1) is 27.1 Å². The fourth-order valence-corrected chi connectivity index (χ4v) is 4.60. The van der Waals surface area contributed by atoms with Gasteiger partial charge in [0, 0.05) is 27.5 Å². The maximum Gasteiger partial charge on any atom is 0.303 e. The molecule has 0 atom stereocenters. The third-order valence-corrected chi connectivity index (χ3v) is 6.06. The SMILES string of the molecule is C[NH+](C)CC/C=C1/c2ccccc2CSc2cc(Br)ccc21.O=C([O-])CCC(=O)O. The largest absolute Gasteiger partial charge is 0.550 e. The molecule has 0 spiro atoms. The second kappa shape index (κ2) is 11.9. The fourth-order valence-electron chi connectivity index (χ4n) is 2.98. The summed E-state index contributed by atoms with van der Waals surface area (Å²) >= 11 is 5.54. The van der Waals surface area contributed by atoms with E-state index in [0.717, 1.165) is 23.2 Å². The first-order valence-corrected chi connectivity index (χ1v) is 11.5. The van der Waals surface area contributed by atoms with Gasteiger partial charge in [-0.15, -0.1) is 11.8 Å². The standard InChI is InChI=1S/C19H20BrNS.C4H6O4/c1-21(2)11-5-8-17-16-7-4-3-6-14(16)13-22-19-12-15(20)9-10-18(17)19;5-3(6)1-2-4(7)8/h3-4,6-10,12H,5,11,13H2,1-2H3;1-2H2,(H,5,6)(H,7,8)/b17-8-;. The van der Waals surface area contributed by atoms with Crippen LogP contribution in [0.25, 0.3) is 5.57 Å². The Balaban J connectivity index is 0.000000343. The van der Waals surface area contributed by atoms with Crippen LogP contribution in [0.2, 0.25) is 0 Å². The summed E-state index contributed by atoms with van der Waals surface area (Å²) in [6, 6.07) is 15.5. The van der Waals surface area contributed by atoms with Gasteiger partial charge >= 0.3 is 5.97 Å². The zero-order chi connectivity index (χ0) is 22.1. The Bertz CT molecular complexity index is 913. The number of carbonyl (C=O) groups is 2. The highest BCUT2D eigenvalue weighted by molar-refractivity contribution is 9.10. The van der Waals surface area contributed by atoms with E-state index in [0.29, 0.717) is 0 Å². The lowest BCUT2D eigenvalue weighted by Gasteiger charge is -2.12. The molecule has 0 radical (unpaired) electrons. The van der Waals surface area contributed by atoms with Crippen LogP contribution in [0.4, 0.5) is 0 Å². The Labute approximate surface area is 189 Å². The molecule has 0 fully saturated rings. The smallest absolute Gasteiger partial charge is 0.303 e.